The summed E-state index contributed by atoms with van der Waals surface area (Å²) >= 11 is 0. The minimum absolute atomic E-state index is 0.219. The number of hydrogen-bond acceptors (Lipinski definition) is 3. The van der Waals surface area contributed by atoms with Gasteiger partial charge in [0.2, 0.25) is 0 Å². The molecule has 0 saturated heterocycles. The minimum Gasteiger partial charge on any atom is -0.508 e. The van der Waals surface area contributed by atoms with Crippen LogP contribution in [0.1, 0.15) is 32.8 Å². The van der Waals surface area contributed by atoms with Crippen LogP contribution in [0.5, 0.6) is 5.75 Å². The first-order valence-electron chi connectivity index (χ1n) is 5.07. The van der Waals surface area contributed by atoms with Crippen molar-refractivity contribution in [3.05, 3.63) is 28.7 Å². The first-order chi connectivity index (χ1) is 6.92. The van der Waals surface area contributed by atoms with E-state index in [0.29, 0.717) is 5.69 Å². The summed E-state index contributed by atoms with van der Waals surface area (Å²) in [6.45, 7) is 6.43. The number of aromatic hydroxyl groups is 1. The Morgan fingerprint density at radius 3 is 2.53 bits per heavy atom. The maximum atomic E-state index is 10.3. The third-order valence-corrected chi connectivity index (χ3v) is 2.31. The molecule has 1 rings (SSSR count). The molecule has 0 aliphatic carbocycles. The summed E-state index contributed by atoms with van der Waals surface area (Å²) in [6, 6.07) is 4.69. The molecule has 1 aromatic carbocycles. The van der Waals surface area contributed by atoms with Crippen LogP contribution < -0.4 is 0 Å². The van der Waals surface area contributed by atoms with E-state index < -0.39 is 0 Å². The molecule has 3 nitrogen and oxygen atoms in total. The molecule has 0 aromatic heterocycles. The van der Waals surface area contributed by atoms with Crippen molar-refractivity contribution in [3.63, 3.8) is 0 Å². The third kappa shape index (κ3) is 3.70. The van der Waals surface area contributed by atoms with Crippen LogP contribution >= 0.6 is 0 Å². The number of benzene rings is 1. The van der Waals surface area contributed by atoms with Gasteiger partial charge in [-0.3, -0.25) is 0 Å². The van der Waals surface area contributed by atoms with E-state index in [1.165, 1.54) is 12.1 Å². The van der Waals surface area contributed by atoms with Crippen LogP contribution in [0, 0.1) is 10.3 Å². The Balaban J connectivity index is 2.80. The van der Waals surface area contributed by atoms with Gasteiger partial charge in [-0.25, -0.2) is 0 Å². The van der Waals surface area contributed by atoms with Gasteiger partial charge in [0.15, 0.2) is 0 Å². The van der Waals surface area contributed by atoms with E-state index in [-0.39, 0.29) is 11.2 Å². The number of nitrogens with zero attached hydrogens (tertiary/aromatic N) is 1. The van der Waals surface area contributed by atoms with Gasteiger partial charge < -0.3 is 5.11 Å². The molecule has 0 saturated carbocycles. The lowest BCUT2D eigenvalue weighted by atomic mass is 9.88. The molecule has 82 valence electrons. The standard InChI is InChI=1S/C12H17NO2/c1-12(2,3)7-6-9-8-10(13-15)4-5-11(9)14/h4-5,8,14H,6-7H2,1-3H3. The summed E-state index contributed by atoms with van der Waals surface area (Å²) in [5.41, 5.74) is 1.38. The molecule has 0 fully saturated rings. The zero-order valence-electron chi connectivity index (χ0n) is 9.45. The van der Waals surface area contributed by atoms with Crippen molar-refractivity contribution in [1.82, 2.24) is 0 Å². The fourth-order valence-corrected chi connectivity index (χ4v) is 1.34. The van der Waals surface area contributed by atoms with Crippen LogP contribution in [0.3, 0.4) is 0 Å². The maximum absolute atomic E-state index is 10.3. The summed E-state index contributed by atoms with van der Waals surface area (Å²) in [7, 11) is 0. The molecule has 0 aliphatic rings. The molecule has 0 spiro atoms. The maximum Gasteiger partial charge on any atom is 0.118 e. The van der Waals surface area contributed by atoms with Gasteiger partial charge in [-0.2, -0.15) is 0 Å². The van der Waals surface area contributed by atoms with Crippen LogP contribution in [-0.2, 0) is 6.42 Å². The summed E-state index contributed by atoms with van der Waals surface area (Å²) in [5, 5.41) is 12.4. The molecule has 0 unspecified atom stereocenters. The van der Waals surface area contributed by atoms with Crippen molar-refractivity contribution in [1.29, 1.82) is 0 Å². The van der Waals surface area contributed by atoms with Crippen molar-refractivity contribution in [2.24, 2.45) is 10.6 Å². The Labute approximate surface area is 90.1 Å². The first-order valence-corrected chi connectivity index (χ1v) is 5.07. The molecule has 0 aliphatic heterocycles. The molecule has 0 heterocycles. The van der Waals surface area contributed by atoms with Crippen LogP contribution in [0.2, 0.25) is 0 Å². The van der Waals surface area contributed by atoms with Gasteiger partial charge in [0.25, 0.3) is 0 Å². The average Bonchev–Trinajstić information content (AvgIpc) is 2.15. The van der Waals surface area contributed by atoms with Gasteiger partial charge in [-0.05, 0) is 47.2 Å². The van der Waals surface area contributed by atoms with Crippen LogP contribution in [0.25, 0.3) is 0 Å². The summed E-state index contributed by atoms with van der Waals surface area (Å²) < 4.78 is 0. The molecule has 0 atom stereocenters. The number of phenolic OH excluding ortho intramolecular Hbond substituents is 1. The van der Waals surface area contributed by atoms with Crippen LogP contribution in [-0.4, -0.2) is 5.11 Å². The fourth-order valence-electron chi connectivity index (χ4n) is 1.34. The molecule has 1 aromatic rings. The Morgan fingerprint density at radius 1 is 1.33 bits per heavy atom. The normalized spacial score (nSPS) is 11.4. The first kappa shape index (κ1) is 11.7. The predicted molar refractivity (Wildman–Crippen MR) is 61.3 cm³/mol. The molecular formula is C12H17NO2. The number of aryl methyl sites for hydroxylation is 1. The van der Waals surface area contributed by atoms with Crippen LogP contribution in [0.15, 0.2) is 23.4 Å². The monoisotopic (exact) mass is 207 g/mol. The van der Waals surface area contributed by atoms with E-state index in [1.807, 2.05) is 0 Å². The molecular weight excluding hydrogens is 190 g/mol. The molecule has 15 heavy (non-hydrogen) atoms. The lowest BCUT2D eigenvalue weighted by molar-refractivity contribution is 0.374. The van der Waals surface area contributed by atoms with E-state index in [1.54, 1.807) is 6.07 Å². The number of phenols is 1. The summed E-state index contributed by atoms with van der Waals surface area (Å²) in [6.07, 6.45) is 1.72. The number of nitroso groups, excluding NO2 is 1. The zero-order valence-corrected chi connectivity index (χ0v) is 9.45. The van der Waals surface area contributed by atoms with Gasteiger partial charge in [0.05, 0.1) is 0 Å². The van der Waals surface area contributed by atoms with Gasteiger partial charge in [0.1, 0.15) is 11.4 Å². The second-order valence-electron chi connectivity index (χ2n) is 4.96. The molecule has 0 amide bonds. The van der Waals surface area contributed by atoms with Gasteiger partial charge in [-0.15, -0.1) is 4.91 Å². The Morgan fingerprint density at radius 2 is 2.00 bits per heavy atom. The predicted octanol–water partition coefficient (Wildman–Crippen LogP) is 3.77. The molecule has 1 N–H and O–H groups in total. The lowest BCUT2D eigenvalue weighted by Gasteiger charge is -2.18. The van der Waals surface area contributed by atoms with Crippen molar-refractivity contribution in [3.8, 4) is 5.75 Å². The number of hydrogen-bond donors (Lipinski definition) is 1. The smallest absolute Gasteiger partial charge is 0.118 e. The van der Waals surface area contributed by atoms with Crippen LogP contribution in [0.4, 0.5) is 5.69 Å². The highest BCUT2D eigenvalue weighted by molar-refractivity contribution is 5.46. The highest BCUT2D eigenvalue weighted by atomic mass is 16.3. The fraction of sp³-hybridized carbons (Fsp3) is 0.500. The minimum atomic E-state index is 0.219. The Hall–Kier alpha value is -1.38. The van der Waals surface area contributed by atoms with E-state index in [4.69, 9.17) is 0 Å². The Bertz CT molecular complexity index is 353. The van der Waals surface area contributed by atoms with Crippen molar-refractivity contribution >= 4 is 5.69 Å². The molecule has 0 radical (unpaired) electrons. The largest absolute Gasteiger partial charge is 0.508 e. The van der Waals surface area contributed by atoms with Gasteiger partial charge >= 0.3 is 0 Å². The second kappa shape index (κ2) is 4.43. The van der Waals surface area contributed by atoms with Crippen molar-refractivity contribution < 1.29 is 5.11 Å². The second-order valence-corrected chi connectivity index (χ2v) is 4.96. The SMILES string of the molecule is CC(C)(C)CCc1cc(N=O)ccc1O. The van der Waals surface area contributed by atoms with Gasteiger partial charge in [-0.1, -0.05) is 20.8 Å². The molecule has 0 bridgehead atoms. The van der Waals surface area contributed by atoms with E-state index in [2.05, 4.69) is 25.9 Å². The highest BCUT2D eigenvalue weighted by Gasteiger charge is 2.12. The highest BCUT2D eigenvalue weighted by Crippen LogP contribution is 2.28. The van der Waals surface area contributed by atoms with Crippen molar-refractivity contribution in [2.45, 2.75) is 33.6 Å². The summed E-state index contributed by atoms with van der Waals surface area (Å²) in [4.78, 5) is 10.3. The van der Waals surface area contributed by atoms with E-state index in [0.717, 1.165) is 18.4 Å². The number of rotatable bonds is 3. The topological polar surface area (TPSA) is 49.7 Å². The third-order valence-electron chi connectivity index (χ3n) is 2.31. The van der Waals surface area contributed by atoms with Crippen molar-refractivity contribution in [2.75, 3.05) is 0 Å². The van der Waals surface area contributed by atoms with Gasteiger partial charge in [0, 0.05) is 0 Å². The Kier molecular flexibility index (Phi) is 3.45. The van der Waals surface area contributed by atoms with E-state index >= 15 is 0 Å². The van der Waals surface area contributed by atoms with E-state index in [9.17, 15) is 10.0 Å². The zero-order chi connectivity index (χ0) is 11.5. The quantitative estimate of drug-likeness (QED) is 0.767. The summed E-state index contributed by atoms with van der Waals surface area (Å²) in [5.74, 6) is 0.242. The average molecular weight is 207 g/mol. The molecule has 3 heteroatoms. The lowest BCUT2D eigenvalue weighted by Crippen LogP contribution is -2.06.